The molecule has 0 aromatic heterocycles. The molecule has 0 aliphatic heterocycles. The molecule has 1 N–H and O–H groups in total. The Balaban J connectivity index is 2.30. The molecule has 1 amide bonds. The topological polar surface area (TPSA) is 56.8 Å². The molecule has 0 atom stereocenters. The van der Waals surface area contributed by atoms with Gasteiger partial charge in [0.1, 0.15) is 5.75 Å². The molecule has 0 fully saturated rings. The van der Waals surface area contributed by atoms with E-state index in [4.69, 9.17) is 14.2 Å². The summed E-state index contributed by atoms with van der Waals surface area (Å²) in [6, 6.07) is 10.7. The van der Waals surface area contributed by atoms with E-state index in [1.54, 1.807) is 31.4 Å². The third kappa shape index (κ3) is 4.89. The Morgan fingerprint density at radius 2 is 1.88 bits per heavy atom. The number of para-hydroxylation sites is 2. The number of amides is 1. The molecule has 134 valence electrons. The van der Waals surface area contributed by atoms with Crippen molar-refractivity contribution < 1.29 is 19.0 Å². The van der Waals surface area contributed by atoms with Crippen molar-refractivity contribution in [3.8, 4) is 17.2 Å². The predicted molar refractivity (Wildman–Crippen MR) is 102 cm³/mol. The summed E-state index contributed by atoms with van der Waals surface area (Å²) in [5.41, 5.74) is 1.07. The first kappa shape index (κ1) is 19.1. The largest absolute Gasteiger partial charge is 0.495 e. The Bertz CT molecular complexity index is 733. The van der Waals surface area contributed by atoms with E-state index in [-0.39, 0.29) is 5.91 Å². The Morgan fingerprint density at radius 1 is 1.12 bits per heavy atom. The van der Waals surface area contributed by atoms with Gasteiger partial charge in [-0.2, -0.15) is 0 Å². The van der Waals surface area contributed by atoms with E-state index in [9.17, 15) is 4.79 Å². The van der Waals surface area contributed by atoms with Gasteiger partial charge in [-0.15, -0.1) is 0 Å². The highest BCUT2D eigenvalue weighted by atomic mass is 79.9. The van der Waals surface area contributed by atoms with E-state index in [2.05, 4.69) is 21.2 Å². The highest BCUT2D eigenvalue weighted by molar-refractivity contribution is 9.10. The summed E-state index contributed by atoms with van der Waals surface area (Å²) >= 11 is 3.47. The van der Waals surface area contributed by atoms with Crippen molar-refractivity contribution in [1.82, 2.24) is 0 Å². The molecule has 0 heterocycles. The maximum Gasteiger partial charge on any atom is 0.255 e. The average Bonchev–Trinajstić information content (AvgIpc) is 2.61. The van der Waals surface area contributed by atoms with Gasteiger partial charge in [0.05, 0.1) is 30.5 Å². The summed E-state index contributed by atoms with van der Waals surface area (Å²) < 4.78 is 17.3. The lowest BCUT2D eigenvalue weighted by atomic mass is 10.1. The van der Waals surface area contributed by atoms with E-state index >= 15 is 0 Å². The van der Waals surface area contributed by atoms with Gasteiger partial charge >= 0.3 is 0 Å². The molecule has 0 unspecified atom stereocenters. The van der Waals surface area contributed by atoms with Crippen LogP contribution in [0.2, 0.25) is 0 Å². The minimum absolute atomic E-state index is 0.256. The Morgan fingerprint density at radius 3 is 2.56 bits per heavy atom. The van der Waals surface area contributed by atoms with Gasteiger partial charge in [-0.05, 0) is 53.5 Å². The number of methoxy groups -OCH3 is 1. The van der Waals surface area contributed by atoms with Crippen molar-refractivity contribution in [1.29, 1.82) is 0 Å². The third-order valence-electron chi connectivity index (χ3n) is 3.38. The lowest BCUT2D eigenvalue weighted by Crippen LogP contribution is -2.13. The van der Waals surface area contributed by atoms with E-state index < -0.39 is 0 Å². The van der Waals surface area contributed by atoms with Crippen LogP contribution in [0.1, 0.15) is 30.6 Å². The number of carbonyl (C=O) groups is 1. The Kier molecular flexibility index (Phi) is 7.13. The Labute approximate surface area is 156 Å². The van der Waals surface area contributed by atoms with Gasteiger partial charge in [0.25, 0.3) is 5.91 Å². The van der Waals surface area contributed by atoms with E-state index in [0.717, 1.165) is 6.42 Å². The number of benzene rings is 2. The van der Waals surface area contributed by atoms with Gasteiger partial charge in [0, 0.05) is 5.56 Å². The monoisotopic (exact) mass is 407 g/mol. The molecule has 0 bridgehead atoms. The molecule has 2 aromatic rings. The number of anilines is 1. The number of hydrogen-bond donors (Lipinski definition) is 1. The van der Waals surface area contributed by atoms with Crippen molar-refractivity contribution in [2.75, 3.05) is 25.6 Å². The molecule has 6 heteroatoms. The molecule has 2 rings (SSSR count). The molecule has 25 heavy (non-hydrogen) atoms. The molecular formula is C19H22BrNO4. The van der Waals surface area contributed by atoms with Crippen LogP contribution < -0.4 is 19.5 Å². The number of rotatable bonds is 8. The fraction of sp³-hybridized carbons (Fsp3) is 0.316. The Hall–Kier alpha value is -2.21. The van der Waals surface area contributed by atoms with Crippen molar-refractivity contribution in [3.05, 3.63) is 46.4 Å². The van der Waals surface area contributed by atoms with E-state index in [1.807, 2.05) is 26.0 Å². The molecule has 5 nitrogen and oxygen atoms in total. The van der Waals surface area contributed by atoms with E-state index in [0.29, 0.717) is 46.2 Å². The minimum atomic E-state index is -0.256. The van der Waals surface area contributed by atoms with Gasteiger partial charge in [0.2, 0.25) is 0 Å². The van der Waals surface area contributed by atoms with Crippen LogP contribution in [0.25, 0.3) is 0 Å². The maximum atomic E-state index is 12.6. The SMILES string of the molecule is CCCOc1c(Br)cc(C(=O)Nc2ccccc2OC)cc1OCC. The summed E-state index contributed by atoms with van der Waals surface area (Å²) in [6.45, 7) is 4.97. The summed E-state index contributed by atoms with van der Waals surface area (Å²) in [6.07, 6.45) is 0.883. The maximum absolute atomic E-state index is 12.6. The second kappa shape index (κ2) is 9.32. The first-order valence-corrected chi connectivity index (χ1v) is 8.93. The quantitative estimate of drug-likeness (QED) is 0.675. The molecule has 0 spiro atoms. The van der Waals surface area contributed by atoms with Crippen LogP contribution in [0.5, 0.6) is 17.2 Å². The molecule has 0 radical (unpaired) electrons. The summed E-state index contributed by atoms with van der Waals surface area (Å²) in [5.74, 6) is 1.49. The second-order valence-corrected chi connectivity index (χ2v) is 6.08. The predicted octanol–water partition coefficient (Wildman–Crippen LogP) is 4.90. The molecule has 2 aromatic carbocycles. The first-order valence-electron chi connectivity index (χ1n) is 8.14. The van der Waals surface area contributed by atoms with Crippen LogP contribution in [0.15, 0.2) is 40.9 Å². The van der Waals surface area contributed by atoms with Crippen LogP contribution in [0, 0.1) is 0 Å². The van der Waals surface area contributed by atoms with Crippen molar-refractivity contribution in [2.24, 2.45) is 0 Å². The second-order valence-electron chi connectivity index (χ2n) is 5.22. The van der Waals surface area contributed by atoms with Gasteiger partial charge in [-0.1, -0.05) is 19.1 Å². The van der Waals surface area contributed by atoms with Crippen LogP contribution in [-0.4, -0.2) is 26.2 Å². The van der Waals surface area contributed by atoms with Gasteiger partial charge in [0.15, 0.2) is 11.5 Å². The molecule has 0 saturated carbocycles. The molecule has 0 aliphatic carbocycles. The smallest absolute Gasteiger partial charge is 0.255 e. The van der Waals surface area contributed by atoms with Gasteiger partial charge < -0.3 is 19.5 Å². The van der Waals surface area contributed by atoms with Crippen LogP contribution in [-0.2, 0) is 0 Å². The van der Waals surface area contributed by atoms with Crippen LogP contribution >= 0.6 is 15.9 Å². The van der Waals surface area contributed by atoms with Gasteiger partial charge in [-0.25, -0.2) is 0 Å². The number of nitrogens with one attached hydrogen (secondary N) is 1. The molecule has 0 saturated heterocycles. The zero-order valence-electron chi connectivity index (χ0n) is 14.6. The lowest BCUT2D eigenvalue weighted by Gasteiger charge is -2.15. The summed E-state index contributed by atoms with van der Waals surface area (Å²) in [5, 5.41) is 2.86. The van der Waals surface area contributed by atoms with Crippen molar-refractivity contribution in [3.63, 3.8) is 0 Å². The number of carbonyl (C=O) groups excluding carboxylic acids is 1. The highest BCUT2D eigenvalue weighted by Crippen LogP contribution is 2.37. The standard InChI is InChI=1S/C19H22BrNO4/c1-4-10-25-18-14(20)11-13(12-17(18)24-5-2)19(22)21-15-8-6-7-9-16(15)23-3/h6-9,11-12H,4-5,10H2,1-3H3,(H,21,22). The number of halogens is 1. The molecule has 0 aliphatic rings. The zero-order valence-corrected chi connectivity index (χ0v) is 16.2. The normalized spacial score (nSPS) is 10.2. The van der Waals surface area contributed by atoms with Crippen LogP contribution in [0.4, 0.5) is 5.69 Å². The number of hydrogen-bond acceptors (Lipinski definition) is 4. The first-order chi connectivity index (χ1) is 12.1. The summed E-state index contributed by atoms with van der Waals surface area (Å²) in [4.78, 5) is 12.6. The lowest BCUT2D eigenvalue weighted by molar-refractivity contribution is 0.102. The molecular weight excluding hydrogens is 386 g/mol. The minimum Gasteiger partial charge on any atom is -0.495 e. The van der Waals surface area contributed by atoms with Crippen molar-refractivity contribution >= 4 is 27.5 Å². The zero-order chi connectivity index (χ0) is 18.2. The van der Waals surface area contributed by atoms with Crippen LogP contribution in [0.3, 0.4) is 0 Å². The fourth-order valence-corrected chi connectivity index (χ4v) is 2.81. The average molecular weight is 408 g/mol. The van der Waals surface area contributed by atoms with E-state index in [1.165, 1.54) is 0 Å². The number of ether oxygens (including phenoxy) is 3. The summed E-state index contributed by atoms with van der Waals surface area (Å²) in [7, 11) is 1.56. The third-order valence-corrected chi connectivity index (χ3v) is 3.97. The van der Waals surface area contributed by atoms with Gasteiger partial charge in [-0.3, -0.25) is 4.79 Å². The fourth-order valence-electron chi connectivity index (χ4n) is 2.25. The highest BCUT2D eigenvalue weighted by Gasteiger charge is 2.17. The van der Waals surface area contributed by atoms with Crippen molar-refractivity contribution in [2.45, 2.75) is 20.3 Å².